The van der Waals surface area contributed by atoms with Crippen LogP contribution in [0.3, 0.4) is 0 Å². The lowest BCUT2D eigenvalue weighted by molar-refractivity contribution is -0.0510. The molecule has 5 nitrogen and oxygen atoms in total. The summed E-state index contributed by atoms with van der Waals surface area (Å²) in [5.41, 5.74) is -2.33. The number of hydrogen-bond donors (Lipinski definition) is 2. The standard InChI is InChI=1S/C13H10N2.CHF3O3S/c1-2-6-10(7-3-1)13-14-11-8-4-5-9-12(11)15-13;2-1(3,4)8(5,6)7/h1-9H,(H,14,15);(H,5,6,7). The summed E-state index contributed by atoms with van der Waals surface area (Å²) in [5, 5.41) is 0. The number of para-hydroxylation sites is 2. The fourth-order valence-corrected chi connectivity index (χ4v) is 1.69. The van der Waals surface area contributed by atoms with Gasteiger partial charge < -0.3 is 4.98 Å². The molecular weight excluding hydrogens is 333 g/mol. The van der Waals surface area contributed by atoms with Gasteiger partial charge in [-0.2, -0.15) is 21.6 Å². The first kappa shape index (κ1) is 17.0. The lowest BCUT2D eigenvalue weighted by atomic mass is 10.2. The number of halogens is 3. The molecule has 0 unspecified atom stereocenters. The van der Waals surface area contributed by atoms with Crippen LogP contribution in [0.5, 0.6) is 0 Å². The van der Waals surface area contributed by atoms with Crippen LogP contribution in [0.4, 0.5) is 13.2 Å². The molecule has 0 radical (unpaired) electrons. The van der Waals surface area contributed by atoms with Gasteiger partial charge in [0, 0.05) is 5.56 Å². The van der Waals surface area contributed by atoms with Gasteiger partial charge in [-0.05, 0) is 12.1 Å². The summed E-state index contributed by atoms with van der Waals surface area (Å²) in [5.74, 6) is 0.928. The highest BCUT2D eigenvalue weighted by molar-refractivity contribution is 7.86. The first-order chi connectivity index (χ1) is 10.7. The second-order valence-corrected chi connectivity index (χ2v) is 5.80. The smallest absolute Gasteiger partial charge is 0.338 e. The molecule has 122 valence electrons. The highest BCUT2D eigenvalue weighted by Gasteiger charge is 2.44. The van der Waals surface area contributed by atoms with E-state index in [2.05, 4.69) is 22.1 Å². The summed E-state index contributed by atoms with van der Waals surface area (Å²) in [4.78, 5) is 7.83. The van der Waals surface area contributed by atoms with Gasteiger partial charge in [0.15, 0.2) is 0 Å². The van der Waals surface area contributed by atoms with Crippen molar-refractivity contribution in [3.63, 3.8) is 0 Å². The maximum absolute atomic E-state index is 10.7. The average Bonchev–Trinajstić information content (AvgIpc) is 2.91. The van der Waals surface area contributed by atoms with Crippen LogP contribution in [0.25, 0.3) is 22.4 Å². The molecule has 3 aromatic rings. The summed E-state index contributed by atoms with van der Waals surface area (Å²) in [6.07, 6.45) is 0. The molecule has 2 aromatic carbocycles. The zero-order valence-electron chi connectivity index (χ0n) is 11.4. The predicted octanol–water partition coefficient (Wildman–Crippen LogP) is 3.62. The number of fused-ring (bicyclic) bond motifs is 1. The fourth-order valence-electron chi connectivity index (χ4n) is 1.69. The van der Waals surface area contributed by atoms with Gasteiger partial charge in [-0.1, -0.05) is 42.5 Å². The van der Waals surface area contributed by atoms with Crippen LogP contribution in [0, 0.1) is 0 Å². The minimum absolute atomic E-state index is 0.928. The van der Waals surface area contributed by atoms with Gasteiger partial charge in [0.1, 0.15) is 5.82 Å². The molecule has 0 spiro atoms. The summed E-state index contributed by atoms with van der Waals surface area (Å²) < 4.78 is 57.5. The average molecular weight is 344 g/mol. The Bertz CT molecular complexity index is 857. The van der Waals surface area contributed by atoms with Crippen molar-refractivity contribution in [1.82, 2.24) is 9.97 Å². The third kappa shape index (κ3) is 4.30. The van der Waals surface area contributed by atoms with E-state index in [9.17, 15) is 13.2 Å². The molecule has 0 atom stereocenters. The summed E-state index contributed by atoms with van der Waals surface area (Å²) in [6.45, 7) is 0. The second-order valence-electron chi connectivity index (χ2n) is 4.39. The van der Waals surface area contributed by atoms with Gasteiger partial charge in [-0.3, -0.25) is 4.55 Å². The van der Waals surface area contributed by atoms with Crippen LogP contribution in [0.15, 0.2) is 54.6 Å². The summed E-state index contributed by atoms with van der Waals surface area (Å²) in [6, 6.07) is 18.2. The highest BCUT2D eigenvalue weighted by atomic mass is 32.2. The van der Waals surface area contributed by atoms with Crippen LogP contribution < -0.4 is 0 Å². The van der Waals surface area contributed by atoms with Gasteiger partial charge in [-0.15, -0.1) is 0 Å². The maximum atomic E-state index is 10.7. The van der Waals surface area contributed by atoms with E-state index in [1.807, 2.05) is 42.5 Å². The van der Waals surface area contributed by atoms with E-state index in [1.165, 1.54) is 0 Å². The van der Waals surface area contributed by atoms with Crippen molar-refractivity contribution in [2.24, 2.45) is 0 Å². The first-order valence-electron chi connectivity index (χ1n) is 6.22. The Morgan fingerprint density at radius 2 is 1.48 bits per heavy atom. The minimum atomic E-state index is -5.84. The number of nitrogens with one attached hydrogen (secondary N) is 1. The number of nitrogens with zero attached hydrogens (tertiary/aromatic N) is 1. The largest absolute Gasteiger partial charge is 0.522 e. The van der Waals surface area contributed by atoms with Crippen LogP contribution >= 0.6 is 0 Å². The van der Waals surface area contributed by atoms with Gasteiger partial charge in [0.2, 0.25) is 0 Å². The van der Waals surface area contributed by atoms with Gasteiger partial charge in [-0.25, -0.2) is 4.98 Å². The monoisotopic (exact) mass is 344 g/mol. The molecule has 9 heteroatoms. The zero-order chi connectivity index (χ0) is 17.1. The molecule has 1 aromatic heterocycles. The number of rotatable bonds is 1. The van der Waals surface area contributed by atoms with E-state index in [0.29, 0.717) is 0 Å². The van der Waals surface area contributed by atoms with Crippen molar-refractivity contribution in [1.29, 1.82) is 0 Å². The van der Waals surface area contributed by atoms with E-state index in [0.717, 1.165) is 22.4 Å². The topological polar surface area (TPSA) is 83.1 Å². The Kier molecular flexibility index (Phi) is 4.71. The van der Waals surface area contributed by atoms with Gasteiger partial charge in [0.05, 0.1) is 11.0 Å². The number of alkyl halides is 3. The molecule has 0 aliphatic carbocycles. The molecule has 1 heterocycles. The van der Waals surface area contributed by atoms with Crippen LogP contribution in [-0.2, 0) is 10.1 Å². The molecular formula is C14H11F3N2O3S. The highest BCUT2D eigenvalue weighted by Crippen LogP contribution is 2.20. The Hall–Kier alpha value is -2.39. The van der Waals surface area contributed by atoms with Crippen molar-refractivity contribution >= 4 is 21.2 Å². The lowest BCUT2D eigenvalue weighted by Gasteiger charge is -1.97. The van der Waals surface area contributed by atoms with Crippen LogP contribution in [-0.4, -0.2) is 28.4 Å². The third-order valence-electron chi connectivity index (χ3n) is 2.73. The molecule has 0 fully saturated rings. The SMILES string of the molecule is O=S(=O)(O)C(F)(F)F.c1ccc(-c2nc3ccccc3[nH]2)cc1. The molecule has 3 rings (SSSR count). The van der Waals surface area contributed by atoms with Gasteiger partial charge >= 0.3 is 15.6 Å². The molecule has 23 heavy (non-hydrogen) atoms. The van der Waals surface area contributed by atoms with E-state index < -0.39 is 15.6 Å². The lowest BCUT2D eigenvalue weighted by Crippen LogP contribution is -2.21. The van der Waals surface area contributed by atoms with Crippen LogP contribution in [0.2, 0.25) is 0 Å². The second kappa shape index (κ2) is 6.39. The third-order valence-corrected chi connectivity index (χ3v) is 3.31. The van der Waals surface area contributed by atoms with Crippen molar-refractivity contribution in [2.45, 2.75) is 5.51 Å². The number of benzene rings is 2. The Morgan fingerprint density at radius 1 is 0.957 bits per heavy atom. The van der Waals surface area contributed by atoms with E-state index in [1.54, 1.807) is 0 Å². The van der Waals surface area contributed by atoms with E-state index in [-0.39, 0.29) is 0 Å². The Balaban J connectivity index is 0.000000207. The molecule has 0 amide bonds. The fraction of sp³-hybridized carbons (Fsp3) is 0.0714. The number of imidazole rings is 1. The van der Waals surface area contributed by atoms with Crippen LogP contribution in [0.1, 0.15) is 0 Å². The van der Waals surface area contributed by atoms with E-state index >= 15 is 0 Å². The van der Waals surface area contributed by atoms with Crippen molar-refractivity contribution in [2.75, 3.05) is 0 Å². The number of aromatic nitrogens is 2. The number of hydrogen-bond acceptors (Lipinski definition) is 3. The quantitative estimate of drug-likeness (QED) is 0.522. The van der Waals surface area contributed by atoms with Crippen molar-refractivity contribution in [3.05, 3.63) is 54.6 Å². The Morgan fingerprint density at radius 3 is 2.00 bits per heavy atom. The summed E-state index contributed by atoms with van der Waals surface area (Å²) >= 11 is 0. The molecule has 0 aliphatic heterocycles. The Labute approximate surface area is 129 Å². The number of H-pyrrole nitrogens is 1. The van der Waals surface area contributed by atoms with Crippen molar-refractivity contribution < 1.29 is 26.1 Å². The molecule has 0 saturated carbocycles. The molecule has 2 N–H and O–H groups in total. The van der Waals surface area contributed by atoms with Gasteiger partial charge in [0.25, 0.3) is 0 Å². The number of aromatic amines is 1. The normalized spacial score (nSPS) is 11.8. The van der Waals surface area contributed by atoms with Crippen molar-refractivity contribution in [3.8, 4) is 11.4 Å². The summed E-state index contributed by atoms with van der Waals surface area (Å²) in [7, 11) is -5.84. The zero-order valence-corrected chi connectivity index (χ0v) is 12.3. The minimum Gasteiger partial charge on any atom is -0.338 e. The maximum Gasteiger partial charge on any atom is 0.522 e. The molecule has 0 aliphatic rings. The molecule has 0 saturated heterocycles. The first-order valence-corrected chi connectivity index (χ1v) is 7.66. The molecule has 0 bridgehead atoms. The van der Waals surface area contributed by atoms with E-state index in [4.69, 9.17) is 13.0 Å². The predicted molar refractivity (Wildman–Crippen MR) is 79.1 cm³/mol.